The van der Waals surface area contributed by atoms with E-state index in [1.165, 1.54) is 0 Å². The molecule has 34 heavy (non-hydrogen) atoms. The van der Waals surface area contributed by atoms with E-state index in [-0.39, 0.29) is 47.5 Å². The van der Waals surface area contributed by atoms with Crippen LogP contribution >= 0.6 is 0 Å². The Morgan fingerprint density at radius 3 is 1.91 bits per heavy atom. The van der Waals surface area contributed by atoms with Gasteiger partial charge < -0.3 is 24.0 Å². The molecule has 0 heterocycles. The van der Waals surface area contributed by atoms with E-state index in [0.29, 0.717) is 6.42 Å². The molecule has 1 aliphatic rings. The van der Waals surface area contributed by atoms with Gasteiger partial charge in [0.05, 0.1) is 18.2 Å². The molecule has 1 aliphatic carbocycles. The molecule has 1 fully saturated rings. The molecule has 0 saturated heterocycles. The lowest BCUT2D eigenvalue weighted by molar-refractivity contribution is 0.0139. The summed E-state index contributed by atoms with van der Waals surface area (Å²) in [6.07, 6.45) is -0.492. The maximum Gasteiger partial charge on any atom is 0.407 e. The number of rotatable bonds is 8. The van der Waals surface area contributed by atoms with E-state index in [1.807, 2.05) is 30.3 Å². The molecular formula is C26H47NO5Si2. The predicted molar refractivity (Wildman–Crippen MR) is 143 cm³/mol. The van der Waals surface area contributed by atoms with Gasteiger partial charge in [0.2, 0.25) is 0 Å². The molecule has 1 aromatic rings. The molecule has 1 saturated carbocycles. The molecule has 4 atom stereocenters. The van der Waals surface area contributed by atoms with Crippen LogP contribution in [0, 0.1) is 5.92 Å². The van der Waals surface area contributed by atoms with E-state index >= 15 is 0 Å². The minimum atomic E-state index is -2.18. The summed E-state index contributed by atoms with van der Waals surface area (Å²) in [7, 11) is -4.32. The minimum absolute atomic E-state index is 0.00416. The van der Waals surface area contributed by atoms with Crippen LogP contribution in [0.5, 0.6) is 0 Å². The highest BCUT2D eigenvalue weighted by Gasteiger charge is 2.53. The number of hydrogen-bond acceptors (Lipinski definition) is 5. The minimum Gasteiger partial charge on any atom is -0.445 e. The van der Waals surface area contributed by atoms with Crippen molar-refractivity contribution >= 4 is 22.7 Å². The average Bonchev–Trinajstić information content (AvgIpc) is 3.00. The van der Waals surface area contributed by atoms with Crippen molar-refractivity contribution in [3.8, 4) is 0 Å². The third kappa shape index (κ3) is 7.16. The van der Waals surface area contributed by atoms with Crippen LogP contribution in [0.2, 0.25) is 36.3 Å². The highest BCUT2D eigenvalue weighted by Crippen LogP contribution is 2.44. The van der Waals surface area contributed by atoms with Gasteiger partial charge >= 0.3 is 6.09 Å². The molecule has 1 aromatic carbocycles. The highest BCUT2D eigenvalue weighted by atomic mass is 28.4. The van der Waals surface area contributed by atoms with Crippen molar-refractivity contribution in [2.45, 2.75) is 109 Å². The molecule has 0 spiro atoms. The van der Waals surface area contributed by atoms with Crippen LogP contribution in [0.4, 0.5) is 4.79 Å². The first-order valence-electron chi connectivity index (χ1n) is 12.4. The van der Waals surface area contributed by atoms with Crippen LogP contribution in [0.25, 0.3) is 0 Å². The van der Waals surface area contributed by atoms with Crippen LogP contribution in [-0.4, -0.2) is 52.7 Å². The van der Waals surface area contributed by atoms with Gasteiger partial charge in [-0.15, -0.1) is 0 Å². The summed E-state index contributed by atoms with van der Waals surface area (Å²) in [5, 5.41) is 13.3. The van der Waals surface area contributed by atoms with E-state index in [2.05, 4.69) is 73.0 Å². The average molecular weight is 510 g/mol. The fraction of sp³-hybridized carbons (Fsp3) is 0.731. The van der Waals surface area contributed by atoms with Crippen molar-refractivity contribution in [2.24, 2.45) is 5.92 Å². The third-order valence-electron chi connectivity index (χ3n) is 7.97. The second-order valence-corrected chi connectivity index (χ2v) is 22.2. The summed E-state index contributed by atoms with van der Waals surface area (Å²) in [4.78, 5) is 12.8. The van der Waals surface area contributed by atoms with Gasteiger partial charge in [0.25, 0.3) is 0 Å². The van der Waals surface area contributed by atoms with E-state index in [4.69, 9.17) is 13.6 Å². The Hall–Kier alpha value is -1.20. The number of carbonyl (C=O) groups excluding carboxylic acids is 1. The normalized spacial score (nSPS) is 24.2. The molecule has 2 N–H and O–H groups in total. The van der Waals surface area contributed by atoms with Crippen LogP contribution in [-0.2, 0) is 20.2 Å². The second kappa shape index (κ2) is 10.8. The van der Waals surface area contributed by atoms with Gasteiger partial charge in [0.15, 0.2) is 16.6 Å². The van der Waals surface area contributed by atoms with Gasteiger partial charge in [-0.25, -0.2) is 4.79 Å². The third-order valence-corrected chi connectivity index (χ3v) is 16.9. The SMILES string of the molecule is CC(C)(C)[Si](C)(C)O[C@@H]1[C@@H](CO)C[C@@H](NC(=O)OCc2ccccc2)[C@@H]1O[Si](C)(C)C(C)(C)C. The number of carbonyl (C=O) groups is 1. The van der Waals surface area contributed by atoms with E-state index in [1.54, 1.807) is 0 Å². The van der Waals surface area contributed by atoms with Crippen molar-refractivity contribution in [2.75, 3.05) is 6.61 Å². The Balaban J connectivity index is 2.27. The number of alkyl carbamates (subject to hydrolysis) is 1. The lowest BCUT2D eigenvalue weighted by Crippen LogP contribution is -2.56. The molecule has 0 radical (unpaired) electrons. The summed E-state index contributed by atoms with van der Waals surface area (Å²) in [6.45, 7) is 22.3. The fourth-order valence-electron chi connectivity index (χ4n) is 3.67. The summed E-state index contributed by atoms with van der Waals surface area (Å²) in [6, 6.07) is 9.34. The summed E-state index contributed by atoms with van der Waals surface area (Å²) < 4.78 is 19.3. The number of benzene rings is 1. The standard InChI is InChI=1S/C26H47NO5Si2/c1-25(2,3)33(7,8)31-22-20(17-28)16-21(23(22)32-34(9,10)26(4,5)6)27-24(29)30-18-19-14-12-11-13-15-19/h11-15,20-23,28H,16-18H2,1-10H3,(H,27,29)/t20-,21-,22-,23+/m1/s1. The Kier molecular flexibility index (Phi) is 9.24. The first kappa shape index (κ1) is 29.0. The number of aliphatic hydroxyl groups is 1. The van der Waals surface area contributed by atoms with Crippen LogP contribution in [0.3, 0.4) is 0 Å². The second-order valence-electron chi connectivity index (χ2n) is 12.7. The Bertz CT molecular complexity index is 802. The topological polar surface area (TPSA) is 77.0 Å². The largest absolute Gasteiger partial charge is 0.445 e. The van der Waals surface area contributed by atoms with Gasteiger partial charge in [-0.1, -0.05) is 71.9 Å². The maximum absolute atomic E-state index is 12.8. The van der Waals surface area contributed by atoms with Gasteiger partial charge in [-0.2, -0.15) is 0 Å². The molecule has 1 amide bonds. The molecule has 194 valence electrons. The van der Waals surface area contributed by atoms with Crippen LogP contribution < -0.4 is 5.32 Å². The van der Waals surface area contributed by atoms with Gasteiger partial charge in [0, 0.05) is 12.5 Å². The van der Waals surface area contributed by atoms with Crippen LogP contribution in [0.15, 0.2) is 30.3 Å². The quantitative estimate of drug-likeness (QED) is 0.416. The molecule has 0 bridgehead atoms. The number of hydrogen-bond donors (Lipinski definition) is 2. The van der Waals surface area contributed by atoms with Gasteiger partial charge in [-0.05, 0) is 48.2 Å². The summed E-state index contributed by atoms with van der Waals surface area (Å²) in [5.74, 6) is -0.108. The Morgan fingerprint density at radius 2 is 1.44 bits per heavy atom. The van der Waals surface area contributed by atoms with Crippen molar-refractivity contribution in [3.63, 3.8) is 0 Å². The zero-order valence-corrected chi connectivity index (χ0v) is 24.9. The zero-order chi connectivity index (χ0) is 25.9. The van der Waals surface area contributed by atoms with Crippen molar-refractivity contribution in [1.29, 1.82) is 0 Å². The number of nitrogens with one attached hydrogen (secondary N) is 1. The van der Waals surface area contributed by atoms with E-state index < -0.39 is 22.7 Å². The van der Waals surface area contributed by atoms with Gasteiger partial charge in [-0.3, -0.25) is 0 Å². The Labute approximate surface area is 209 Å². The number of aliphatic hydroxyl groups excluding tert-OH is 1. The predicted octanol–water partition coefficient (Wildman–Crippen LogP) is 6.07. The fourth-order valence-corrected chi connectivity index (χ4v) is 6.37. The molecule has 8 heteroatoms. The lowest BCUT2D eigenvalue weighted by atomic mass is 10.1. The molecule has 6 nitrogen and oxygen atoms in total. The monoisotopic (exact) mass is 509 g/mol. The summed E-state index contributed by atoms with van der Waals surface area (Å²) in [5.41, 5.74) is 0.936. The van der Waals surface area contributed by atoms with Gasteiger partial charge in [0.1, 0.15) is 6.61 Å². The van der Waals surface area contributed by atoms with Crippen molar-refractivity contribution < 1.29 is 23.5 Å². The highest BCUT2D eigenvalue weighted by molar-refractivity contribution is 6.74. The number of ether oxygens (including phenoxy) is 1. The van der Waals surface area contributed by atoms with Crippen molar-refractivity contribution in [3.05, 3.63) is 35.9 Å². The van der Waals surface area contributed by atoms with E-state index in [0.717, 1.165) is 5.56 Å². The summed E-state index contributed by atoms with van der Waals surface area (Å²) >= 11 is 0. The Morgan fingerprint density at radius 1 is 0.941 bits per heavy atom. The lowest BCUT2D eigenvalue weighted by Gasteiger charge is -2.45. The first-order chi connectivity index (χ1) is 15.5. The van der Waals surface area contributed by atoms with Crippen molar-refractivity contribution in [1.82, 2.24) is 5.32 Å². The molecule has 0 aromatic heterocycles. The molecule has 0 unspecified atom stereocenters. The number of amides is 1. The van der Waals surface area contributed by atoms with E-state index in [9.17, 15) is 9.90 Å². The first-order valence-corrected chi connectivity index (χ1v) is 18.2. The zero-order valence-electron chi connectivity index (χ0n) is 22.9. The maximum atomic E-state index is 12.8. The molecule has 0 aliphatic heterocycles. The smallest absolute Gasteiger partial charge is 0.407 e. The molecule has 2 rings (SSSR count). The molecular weight excluding hydrogens is 462 g/mol. The van der Waals surface area contributed by atoms with Crippen LogP contribution in [0.1, 0.15) is 53.5 Å².